The van der Waals surface area contributed by atoms with Crippen LogP contribution in [0.2, 0.25) is 5.02 Å². The fraction of sp³-hybridized carbons (Fsp3) is 0.364. The quantitative estimate of drug-likeness (QED) is 0.597. The Balaban J connectivity index is 2.16. The molecule has 0 bridgehead atoms. The van der Waals surface area contributed by atoms with Gasteiger partial charge in [-0.25, -0.2) is 0 Å². The molecular weight excluding hydrogens is 456 g/mol. The molecule has 0 aliphatic carbocycles. The molecule has 0 aliphatic heterocycles. The number of ether oxygens (including phenoxy) is 1. The van der Waals surface area contributed by atoms with Crippen LogP contribution < -0.4 is 10.1 Å². The van der Waals surface area contributed by atoms with Crippen molar-refractivity contribution in [2.75, 3.05) is 13.2 Å². The first kappa shape index (κ1) is 23.2. The van der Waals surface area contributed by atoms with Crippen LogP contribution in [0.1, 0.15) is 30.5 Å². The van der Waals surface area contributed by atoms with Gasteiger partial charge < -0.3 is 15.0 Å². The zero-order chi connectivity index (χ0) is 21.6. The minimum absolute atomic E-state index is 0.155. The number of nitrogens with one attached hydrogen (secondary N) is 1. The molecule has 1 N–H and O–H groups in total. The molecule has 0 saturated heterocycles. The van der Waals surface area contributed by atoms with Crippen LogP contribution in [0.3, 0.4) is 0 Å². The smallest absolute Gasteiger partial charge is 0.261 e. The summed E-state index contributed by atoms with van der Waals surface area (Å²) in [5, 5.41) is 3.39. The van der Waals surface area contributed by atoms with Crippen LogP contribution in [0.15, 0.2) is 40.9 Å². The van der Waals surface area contributed by atoms with Crippen LogP contribution >= 0.6 is 27.5 Å². The first-order valence-corrected chi connectivity index (χ1v) is 10.6. The highest BCUT2D eigenvalue weighted by Crippen LogP contribution is 2.26. The van der Waals surface area contributed by atoms with Crippen molar-refractivity contribution < 1.29 is 14.3 Å². The summed E-state index contributed by atoms with van der Waals surface area (Å²) in [7, 11) is 0. The van der Waals surface area contributed by atoms with Gasteiger partial charge in [0, 0.05) is 22.6 Å². The van der Waals surface area contributed by atoms with Gasteiger partial charge in [-0.2, -0.15) is 0 Å². The molecule has 0 heterocycles. The lowest BCUT2D eigenvalue weighted by Crippen LogP contribution is -2.49. The van der Waals surface area contributed by atoms with Gasteiger partial charge in [0.2, 0.25) is 5.91 Å². The van der Waals surface area contributed by atoms with E-state index in [1.807, 2.05) is 45.0 Å². The number of aryl methyl sites for hydroxylation is 2. The van der Waals surface area contributed by atoms with E-state index in [-0.39, 0.29) is 25.0 Å². The molecule has 0 aliphatic rings. The monoisotopic (exact) mass is 480 g/mol. The fourth-order valence-electron chi connectivity index (χ4n) is 2.91. The maximum absolute atomic E-state index is 13.0. The predicted molar refractivity (Wildman–Crippen MR) is 119 cm³/mol. The summed E-state index contributed by atoms with van der Waals surface area (Å²) in [6, 6.07) is 10.3. The SMILES string of the molecule is CCNC(=O)C(C)N(Cc1ccc(Cl)cc1)C(=O)COc1cc(C)c(Br)c(C)c1. The predicted octanol–water partition coefficient (Wildman–Crippen LogP) is 4.65. The van der Waals surface area contributed by atoms with Gasteiger partial charge in [-0.1, -0.05) is 39.7 Å². The molecule has 7 heteroatoms. The van der Waals surface area contributed by atoms with Crippen molar-refractivity contribution in [3.63, 3.8) is 0 Å². The van der Waals surface area contributed by atoms with E-state index in [0.29, 0.717) is 17.3 Å². The lowest BCUT2D eigenvalue weighted by atomic mass is 10.1. The summed E-state index contributed by atoms with van der Waals surface area (Å²) in [5.74, 6) is 0.149. The molecular formula is C22H26BrClN2O3. The second-order valence-corrected chi connectivity index (χ2v) is 8.11. The van der Waals surface area contributed by atoms with Gasteiger partial charge in [-0.05, 0) is 68.7 Å². The van der Waals surface area contributed by atoms with E-state index < -0.39 is 6.04 Å². The van der Waals surface area contributed by atoms with E-state index in [1.54, 1.807) is 19.1 Å². The number of carbonyl (C=O) groups excluding carboxylic acids is 2. The van der Waals surface area contributed by atoms with Crippen molar-refractivity contribution >= 4 is 39.3 Å². The van der Waals surface area contributed by atoms with Gasteiger partial charge in [0.15, 0.2) is 6.61 Å². The molecule has 0 spiro atoms. The number of rotatable bonds is 8. The second kappa shape index (κ2) is 10.6. The minimum Gasteiger partial charge on any atom is -0.484 e. The van der Waals surface area contributed by atoms with Crippen LogP contribution in [0.5, 0.6) is 5.75 Å². The lowest BCUT2D eigenvalue weighted by Gasteiger charge is -2.28. The molecule has 5 nitrogen and oxygen atoms in total. The number of likely N-dealkylation sites (N-methyl/N-ethyl adjacent to an activating group) is 1. The van der Waals surface area contributed by atoms with E-state index in [9.17, 15) is 9.59 Å². The Bertz CT molecular complexity index is 848. The zero-order valence-corrected chi connectivity index (χ0v) is 19.4. The maximum Gasteiger partial charge on any atom is 0.261 e. The Morgan fingerprint density at radius 2 is 1.76 bits per heavy atom. The normalized spacial score (nSPS) is 11.7. The highest BCUT2D eigenvalue weighted by molar-refractivity contribution is 9.10. The first-order valence-electron chi connectivity index (χ1n) is 9.44. The van der Waals surface area contributed by atoms with Crippen molar-refractivity contribution in [2.45, 2.75) is 40.3 Å². The zero-order valence-electron chi connectivity index (χ0n) is 17.1. The number of nitrogens with zero attached hydrogens (tertiary/aromatic N) is 1. The van der Waals surface area contributed by atoms with E-state index in [2.05, 4.69) is 21.2 Å². The average molecular weight is 482 g/mol. The van der Waals surface area contributed by atoms with Gasteiger partial charge in [-0.15, -0.1) is 0 Å². The molecule has 2 aromatic rings. The summed E-state index contributed by atoms with van der Waals surface area (Å²) in [6.07, 6.45) is 0. The third-order valence-electron chi connectivity index (χ3n) is 4.56. The minimum atomic E-state index is -0.630. The van der Waals surface area contributed by atoms with E-state index in [1.165, 1.54) is 4.90 Å². The van der Waals surface area contributed by atoms with E-state index in [4.69, 9.17) is 16.3 Å². The van der Waals surface area contributed by atoms with Crippen molar-refractivity contribution in [1.82, 2.24) is 10.2 Å². The van der Waals surface area contributed by atoms with Crippen LogP contribution in [0, 0.1) is 13.8 Å². The second-order valence-electron chi connectivity index (χ2n) is 6.88. The number of hydrogen-bond donors (Lipinski definition) is 1. The summed E-state index contributed by atoms with van der Waals surface area (Å²) < 4.78 is 6.77. The van der Waals surface area contributed by atoms with Gasteiger partial charge in [-0.3, -0.25) is 9.59 Å². The number of halogens is 2. The lowest BCUT2D eigenvalue weighted by molar-refractivity contribution is -0.142. The molecule has 29 heavy (non-hydrogen) atoms. The molecule has 2 amide bonds. The van der Waals surface area contributed by atoms with Crippen LogP contribution in [-0.4, -0.2) is 35.9 Å². The standard InChI is InChI=1S/C22H26BrClN2O3/c1-5-25-22(28)16(4)26(12-17-6-8-18(24)9-7-17)20(27)13-29-19-10-14(2)21(23)15(3)11-19/h6-11,16H,5,12-13H2,1-4H3,(H,25,28). The van der Waals surface area contributed by atoms with E-state index in [0.717, 1.165) is 21.2 Å². The largest absolute Gasteiger partial charge is 0.484 e. The topological polar surface area (TPSA) is 58.6 Å². The Hall–Kier alpha value is -2.05. The van der Waals surface area contributed by atoms with E-state index >= 15 is 0 Å². The number of benzene rings is 2. The van der Waals surface area contributed by atoms with Crippen molar-refractivity contribution in [3.8, 4) is 5.75 Å². The highest BCUT2D eigenvalue weighted by atomic mass is 79.9. The third-order valence-corrected chi connectivity index (χ3v) is 6.06. The number of hydrogen-bond acceptors (Lipinski definition) is 3. The number of carbonyl (C=O) groups is 2. The van der Waals surface area contributed by atoms with Crippen molar-refractivity contribution in [2.24, 2.45) is 0 Å². The number of amides is 2. The molecule has 2 rings (SSSR count). The van der Waals surface area contributed by atoms with Crippen molar-refractivity contribution in [1.29, 1.82) is 0 Å². The third kappa shape index (κ3) is 6.47. The molecule has 0 saturated carbocycles. The van der Waals surface area contributed by atoms with Gasteiger partial charge in [0.05, 0.1) is 0 Å². The molecule has 156 valence electrons. The van der Waals surface area contributed by atoms with Gasteiger partial charge in [0.25, 0.3) is 5.91 Å². The van der Waals surface area contributed by atoms with Crippen molar-refractivity contribution in [3.05, 3.63) is 62.6 Å². The molecule has 0 radical (unpaired) electrons. The molecule has 0 aromatic heterocycles. The Kier molecular flexibility index (Phi) is 8.53. The maximum atomic E-state index is 13.0. The molecule has 2 aromatic carbocycles. The average Bonchev–Trinajstić information content (AvgIpc) is 2.69. The Labute approximate surface area is 185 Å². The fourth-order valence-corrected chi connectivity index (χ4v) is 3.26. The van der Waals surface area contributed by atoms with Crippen LogP contribution in [-0.2, 0) is 16.1 Å². The summed E-state index contributed by atoms with van der Waals surface area (Å²) in [6.45, 7) is 8.13. The molecule has 1 atom stereocenters. The first-order chi connectivity index (χ1) is 13.7. The van der Waals surface area contributed by atoms with Gasteiger partial charge >= 0.3 is 0 Å². The van der Waals surface area contributed by atoms with Crippen LogP contribution in [0.25, 0.3) is 0 Å². The summed E-state index contributed by atoms with van der Waals surface area (Å²) >= 11 is 9.47. The summed E-state index contributed by atoms with van der Waals surface area (Å²) in [5.41, 5.74) is 2.94. The Morgan fingerprint density at radius 1 is 1.17 bits per heavy atom. The molecule has 1 unspecified atom stereocenters. The van der Waals surface area contributed by atoms with Gasteiger partial charge in [0.1, 0.15) is 11.8 Å². The molecule has 0 fully saturated rings. The van der Waals surface area contributed by atoms with Crippen LogP contribution in [0.4, 0.5) is 0 Å². The Morgan fingerprint density at radius 3 is 2.31 bits per heavy atom. The summed E-state index contributed by atoms with van der Waals surface area (Å²) in [4.78, 5) is 26.8. The highest BCUT2D eigenvalue weighted by Gasteiger charge is 2.26.